The minimum atomic E-state index is 0.277. The van der Waals surface area contributed by atoms with Gasteiger partial charge in [0.2, 0.25) is 0 Å². The number of hydrogen-bond donors (Lipinski definition) is 0. The number of anilines is 2. The average molecular weight is 467 g/mol. The van der Waals surface area contributed by atoms with E-state index in [1.807, 2.05) is 0 Å². The summed E-state index contributed by atoms with van der Waals surface area (Å²) in [6.07, 6.45) is 2.53. The molecule has 0 saturated carbocycles. The first-order valence-electron chi connectivity index (χ1n) is 12.8. The zero-order valence-corrected chi connectivity index (χ0v) is 21.0. The molecule has 4 unspecified atom stereocenters. The van der Waals surface area contributed by atoms with Crippen LogP contribution in [0.5, 0.6) is 11.5 Å². The van der Waals surface area contributed by atoms with Gasteiger partial charge >= 0.3 is 0 Å². The number of aryl methyl sites for hydroxylation is 2. The minimum Gasteiger partial charge on any atom is -0.491 e. The van der Waals surface area contributed by atoms with E-state index in [1.165, 1.54) is 22.5 Å². The van der Waals surface area contributed by atoms with Crippen molar-refractivity contribution in [1.29, 1.82) is 0 Å². The van der Waals surface area contributed by atoms with Crippen molar-refractivity contribution in [2.75, 3.05) is 49.3 Å². The highest BCUT2D eigenvalue weighted by molar-refractivity contribution is 5.62. The minimum absolute atomic E-state index is 0.277. The van der Waals surface area contributed by atoms with Crippen LogP contribution in [0.4, 0.5) is 11.4 Å². The number of rotatable bonds is 10. The normalized spacial score (nSPS) is 25.9. The van der Waals surface area contributed by atoms with E-state index < -0.39 is 0 Å². The first-order chi connectivity index (χ1) is 16.6. The summed E-state index contributed by atoms with van der Waals surface area (Å²) >= 11 is 0. The zero-order chi connectivity index (χ0) is 23.7. The van der Waals surface area contributed by atoms with Crippen LogP contribution in [0, 0.1) is 0 Å². The lowest BCUT2D eigenvalue weighted by Crippen LogP contribution is -2.57. The van der Waals surface area contributed by atoms with Gasteiger partial charge in [0.15, 0.2) is 0 Å². The quantitative estimate of drug-likeness (QED) is 0.482. The largest absolute Gasteiger partial charge is 0.491 e. The van der Waals surface area contributed by atoms with E-state index in [0.717, 1.165) is 50.6 Å². The van der Waals surface area contributed by atoms with Crippen LogP contribution in [0.2, 0.25) is 0 Å². The third-order valence-electron chi connectivity index (χ3n) is 7.15. The highest BCUT2D eigenvalue weighted by Gasteiger charge is 2.31. The van der Waals surface area contributed by atoms with E-state index >= 15 is 0 Å². The Bertz CT molecular complexity index is 909. The molecule has 3 heterocycles. The van der Waals surface area contributed by atoms with Gasteiger partial charge in [0.25, 0.3) is 0 Å². The summed E-state index contributed by atoms with van der Waals surface area (Å²) in [4.78, 5) is 5.15. The van der Waals surface area contributed by atoms with Gasteiger partial charge in [-0.3, -0.25) is 0 Å². The van der Waals surface area contributed by atoms with E-state index in [-0.39, 0.29) is 12.2 Å². The van der Waals surface area contributed by atoms with Gasteiger partial charge < -0.3 is 28.7 Å². The molecule has 0 aliphatic carbocycles. The predicted octanol–water partition coefficient (Wildman–Crippen LogP) is 4.47. The molecule has 5 rings (SSSR count). The maximum atomic E-state index is 5.94. The van der Waals surface area contributed by atoms with Crippen molar-refractivity contribution in [2.45, 2.75) is 64.8 Å². The summed E-state index contributed by atoms with van der Waals surface area (Å²) in [5, 5.41) is 0. The van der Waals surface area contributed by atoms with Gasteiger partial charge in [0.1, 0.15) is 36.9 Å². The molecular weight excluding hydrogens is 428 g/mol. The van der Waals surface area contributed by atoms with Crippen molar-refractivity contribution in [3.8, 4) is 11.5 Å². The van der Waals surface area contributed by atoms with Crippen LogP contribution >= 0.6 is 0 Å². The third-order valence-corrected chi connectivity index (χ3v) is 7.15. The topological polar surface area (TPSA) is 50.0 Å². The van der Waals surface area contributed by atoms with Crippen molar-refractivity contribution in [3.63, 3.8) is 0 Å². The molecule has 3 fully saturated rings. The monoisotopic (exact) mass is 466 g/mol. The van der Waals surface area contributed by atoms with Crippen molar-refractivity contribution >= 4 is 11.4 Å². The van der Waals surface area contributed by atoms with Gasteiger partial charge in [-0.15, -0.1) is 0 Å². The number of benzene rings is 2. The van der Waals surface area contributed by atoms with Crippen LogP contribution in [0.15, 0.2) is 36.4 Å². The Kier molecular flexibility index (Phi) is 6.89. The fourth-order valence-electron chi connectivity index (χ4n) is 4.93. The Hall–Kier alpha value is -2.44. The van der Waals surface area contributed by atoms with Crippen LogP contribution < -0.4 is 19.3 Å². The van der Waals surface area contributed by atoms with E-state index in [0.29, 0.717) is 25.3 Å². The predicted molar refractivity (Wildman–Crippen MR) is 136 cm³/mol. The molecular formula is C28H38N2O4. The summed E-state index contributed by atoms with van der Waals surface area (Å²) < 4.78 is 22.4. The lowest BCUT2D eigenvalue weighted by Gasteiger charge is -2.47. The molecule has 3 aliphatic rings. The van der Waals surface area contributed by atoms with Crippen LogP contribution in [-0.2, 0) is 22.3 Å². The van der Waals surface area contributed by atoms with Gasteiger partial charge in [0, 0.05) is 36.5 Å². The van der Waals surface area contributed by atoms with E-state index in [9.17, 15) is 0 Å². The fraction of sp³-hybridized carbons (Fsp3) is 0.571. The molecule has 184 valence electrons. The van der Waals surface area contributed by atoms with Gasteiger partial charge in [-0.25, -0.2) is 0 Å². The molecule has 34 heavy (non-hydrogen) atoms. The first kappa shape index (κ1) is 23.3. The van der Waals surface area contributed by atoms with Crippen LogP contribution in [-0.4, -0.2) is 63.8 Å². The SMILES string of the molecule is CCc1cc(OCC2CO2)ccc1N1CC(C)N(c2ccc(OCC3CO3)cc2CC)CC1C. The third kappa shape index (κ3) is 5.28. The molecule has 4 atom stereocenters. The Balaban J connectivity index is 1.29. The molecule has 2 aromatic rings. The number of nitrogens with zero attached hydrogens (tertiary/aromatic N) is 2. The van der Waals surface area contributed by atoms with Crippen LogP contribution in [0.25, 0.3) is 0 Å². The molecule has 0 N–H and O–H groups in total. The molecule has 3 aliphatic heterocycles. The van der Waals surface area contributed by atoms with E-state index in [2.05, 4.69) is 73.9 Å². The summed E-state index contributed by atoms with van der Waals surface area (Å²) in [6.45, 7) is 14.0. The van der Waals surface area contributed by atoms with Crippen LogP contribution in [0.3, 0.4) is 0 Å². The van der Waals surface area contributed by atoms with Gasteiger partial charge in [-0.1, -0.05) is 13.8 Å². The Labute approximate surface area is 203 Å². The molecule has 2 aromatic carbocycles. The second kappa shape index (κ2) is 10.0. The maximum Gasteiger partial charge on any atom is 0.119 e. The number of epoxide rings is 2. The summed E-state index contributed by atoms with van der Waals surface area (Å²) in [5.41, 5.74) is 5.35. The van der Waals surface area contributed by atoms with Crippen molar-refractivity contribution < 1.29 is 18.9 Å². The second-order valence-electron chi connectivity index (χ2n) is 9.82. The Morgan fingerprint density at radius 3 is 1.50 bits per heavy atom. The highest BCUT2D eigenvalue weighted by atomic mass is 16.6. The van der Waals surface area contributed by atoms with Crippen LogP contribution in [0.1, 0.15) is 38.8 Å². The zero-order valence-electron chi connectivity index (χ0n) is 21.0. The Morgan fingerprint density at radius 1 is 0.735 bits per heavy atom. The maximum absolute atomic E-state index is 5.94. The van der Waals surface area contributed by atoms with Gasteiger partial charge in [0.05, 0.1) is 13.2 Å². The molecule has 6 nitrogen and oxygen atoms in total. The summed E-state index contributed by atoms with van der Waals surface area (Å²) in [7, 11) is 0. The molecule has 6 heteroatoms. The lowest BCUT2D eigenvalue weighted by atomic mass is 10.0. The second-order valence-corrected chi connectivity index (χ2v) is 9.82. The number of ether oxygens (including phenoxy) is 4. The highest BCUT2D eigenvalue weighted by Crippen LogP contribution is 2.34. The van der Waals surface area contributed by atoms with Gasteiger partial charge in [-0.05, 0) is 74.2 Å². The smallest absolute Gasteiger partial charge is 0.119 e. The standard InChI is InChI=1S/C28H38N2O4/c1-5-21-11-23(31-15-25-17-33-25)7-9-27(21)29-13-20(4)30(14-19(29)3)28-10-8-24(12-22(28)6-2)32-16-26-18-34-26/h7-12,19-20,25-26H,5-6,13-18H2,1-4H3. The Morgan fingerprint density at radius 2 is 1.15 bits per heavy atom. The summed E-state index contributed by atoms with van der Waals surface area (Å²) in [6, 6.07) is 13.9. The van der Waals surface area contributed by atoms with E-state index in [1.54, 1.807) is 0 Å². The molecule has 0 aromatic heterocycles. The summed E-state index contributed by atoms with van der Waals surface area (Å²) in [5.74, 6) is 1.89. The molecule has 3 saturated heterocycles. The lowest BCUT2D eigenvalue weighted by molar-refractivity contribution is 0.263. The van der Waals surface area contributed by atoms with Gasteiger partial charge in [-0.2, -0.15) is 0 Å². The van der Waals surface area contributed by atoms with Crippen molar-refractivity contribution in [1.82, 2.24) is 0 Å². The molecule has 0 bridgehead atoms. The number of hydrogen-bond acceptors (Lipinski definition) is 6. The average Bonchev–Trinajstić information content (AvgIpc) is 3.77. The van der Waals surface area contributed by atoms with E-state index in [4.69, 9.17) is 18.9 Å². The van der Waals surface area contributed by atoms with Crippen molar-refractivity contribution in [3.05, 3.63) is 47.5 Å². The molecule has 0 spiro atoms. The van der Waals surface area contributed by atoms with Crippen molar-refractivity contribution in [2.24, 2.45) is 0 Å². The first-order valence-corrected chi connectivity index (χ1v) is 12.8. The molecule has 0 radical (unpaired) electrons. The fourth-order valence-corrected chi connectivity index (χ4v) is 4.93. The number of piperazine rings is 1. The molecule has 0 amide bonds.